The summed E-state index contributed by atoms with van der Waals surface area (Å²) in [6, 6.07) is 12.1. The molecule has 0 spiro atoms. The molecule has 0 radical (unpaired) electrons. The van der Waals surface area contributed by atoms with Gasteiger partial charge in [-0.05, 0) is 37.8 Å². The maximum Gasteiger partial charge on any atom is 0.254 e. The van der Waals surface area contributed by atoms with Crippen molar-refractivity contribution in [3.05, 3.63) is 66.4 Å². The molecular weight excluding hydrogens is 380 g/mol. The van der Waals surface area contributed by atoms with E-state index >= 15 is 0 Å². The Morgan fingerprint density at radius 2 is 2.07 bits per heavy atom. The zero-order valence-electron chi connectivity index (χ0n) is 17.1. The van der Waals surface area contributed by atoms with Gasteiger partial charge < -0.3 is 14.6 Å². The maximum atomic E-state index is 12.6. The summed E-state index contributed by atoms with van der Waals surface area (Å²) in [5.74, 6) is 0.889. The van der Waals surface area contributed by atoms with Crippen molar-refractivity contribution in [2.75, 3.05) is 13.2 Å². The molecule has 1 N–H and O–H groups in total. The molecule has 0 saturated carbocycles. The van der Waals surface area contributed by atoms with E-state index in [4.69, 9.17) is 4.74 Å². The quantitative estimate of drug-likeness (QED) is 0.456. The van der Waals surface area contributed by atoms with Crippen LogP contribution in [-0.4, -0.2) is 43.4 Å². The van der Waals surface area contributed by atoms with Crippen LogP contribution in [0.15, 0.2) is 55.1 Å². The highest BCUT2D eigenvalue weighted by Gasteiger charge is 2.16. The van der Waals surface area contributed by atoms with Gasteiger partial charge in [-0.3, -0.25) is 4.79 Å². The molecule has 0 atom stereocenters. The van der Waals surface area contributed by atoms with Gasteiger partial charge in [-0.2, -0.15) is 5.10 Å². The third-order valence-electron chi connectivity index (χ3n) is 4.93. The van der Waals surface area contributed by atoms with Crippen molar-refractivity contribution in [2.45, 2.75) is 26.8 Å². The molecule has 1 amide bonds. The molecule has 1 aromatic carbocycles. The summed E-state index contributed by atoms with van der Waals surface area (Å²) in [4.78, 5) is 20.9. The number of hydrogen-bond donors (Lipinski definition) is 1. The molecule has 0 unspecified atom stereocenters. The van der Waals surface area contributed by atoms with E-state index in [0.29, 0.717) is 36.1 Å². The lowest BCUT2D eigenvalue weighted by Gasteiger charge is -2.08. The van der Waals surface area contributed by atoms with E-state index in [1.165, 1.54) is 17.2 Å². The van der Waals surface area contributed by atoms with Crippen molar-refractivity contribution < 1.29 is 9.53 Å². The Hall–Kier alpha value is -3.68. The van der Waals surface area contributed by atoms with Gasteiger partial charge in [0.1, 0.15) is 6.33 Å². The van der Waals surface area contributed by atoms with Crippen LogP contribution in [0.2, 0.25) is 0 Å². The van der Waals surface area contributed by atoms with Crippen molar-refractivity contribution in [1.82, 2.24) is 29.6 Å². The third-order valence-corrected chi connectivity index (χ3v) is 4.93. The van der Waals surface area contributed by atoms with Crippen LogP contribution < -0.4 is 10.1 Å². The average Bonchev–Trinajstić information content (AvgIpc) is 3.35. The summed E-state index contributed by atoms with van der Waals surface area (Å²) < 4.78 is 9.23. The molecule has 8 nitrogen and oxygen atoms in total. The van der Waals surface area contributed by atoms with Crippen molar-refractivity contribution in [3.8, 4) is 11.7 Å². The van der Waals surface area contributed by atoms with Gasteiger partial charge >= 0.3 is 0 Å². The van der Waals surface area contributed by atoms with Gasteiger partial charge in [0.2, 0.25) is 5.88 Å². The molecule has 4 aromatic rings. The monoisotopic (exact) mass is 404 g/mol. The lowest BCUT2D eigenvalue weighted by atomic mass is 10.2. The summed E-state index contributed by atoms with van der Waals surface area (Å²) in [6.07, 6.45) is 5.90. The number of nitrogens with zero attached hydrogens (tertiary/aromatic N) is 5. The van der Waals surface area contributed by atoms with Crippen LogP contribution >= 0.6 is 0 Å². The number of aryl methyl sites for hydroxylation is 1. The molecule has 30 heavy (non-hydrogen) atoms. The zero-order valence-corrected chi connectivity index (χ0v) is 17.1. The first kappa shape index (κ1) is 19.6. The van der Waals surface area contributed by atoms with E-state index in [9.17, 15) is 4.79 Å². The highest BCUT2D eigenvalue weighted by Crippen LogP contribution is 2.16. The van der Waals surface area contributed by atoms with Crippen LogP contribution in [0.3, 0.4) is 0 Å². The molecule has 0 fully saturated rings. The van der Waals surface area contributed by atoms with Crippen molar-refractivity contribution in [2.24, 2.45) is 0 Å². The molecule has 0 aliphatic heterocycles. The molecule has 3 aromatic heterocycles. The highest BCUT2D eigenvalue weighted by atomic mass is 16.5. The lowest BCUT2D eigenvalue weighted by Crippen LogP contribution is -2.25. The minimum Gasteiger partial charge on any atom is -0.478 e. The molecule has 154 valence electrons. The molecule has 4 rings (SSSR count). The van der Waals surface area contributed by atoms with Crippen molar-refractivity contribution >= 4 is 16.8 Å². The van der Waals surface area contributed by atoms with E-state index < -0.39 is 0 Å². The van der Waals surface area contributed by atoms with Crippen LogP contribution in [0.25, 0.3) is 16.7 Å². The van der Waals surface area contributed by atoms with Crippen LogP contribution in [-0.2, 0) is 6.54 Å². The van der Waals surface area contributed by atoms with Crippen LogP contribution in [0, 0.1) is 6.92 Å². The van der Waals surface area contributed by atoms with Crippen LogP contribution in [0.5, 0.6) is 5.88 Å². The minimum atomic E-state index is -0.143. The molecular formula is C22H24N6O2. The Bertz CT molecular complexity index is 1160. The fourth-order valence-electron chi connectivity index (χ4n) is 3.42. The number of ether oxygens (including phenoxy) is 1. The Balaban J connectivity index is 1.37. The maximum absolute atomic E-state index is 12.6. The smallest absolute Gasteiger partial charge is 0.254 e. The molecule has 0 aliphatic rings. The minimum absolute atomic E-state index is 0.143. The summed E-state index contributed by atoms with van der Waals surface area (Å²) in [6.45, 7) is 5.67. The first-order valence-corrected chi connectivity index (χ1v) is 9.99. The highest BCUT2D eigenvalue weighted by molar-refractivity contribution is 5.95. The fourth-order valence-corrected chi connectivity index (χ4v) is 3.42. The Labute approximate surface area is 174 Å². The van der Waals surface area contributed by atoms with Crippen molar-refractivity contribution in [1.29, 1.82) is 0 Å². The zero-order chi connectivity index (χ0) is 20.9. The number of amides is 1. The predicted octanol–water partition coefficient (Wildman–Crippen LogP) is 3.14. The van der Waals surface area contributed by atoms with Crippen LogP contribution in [0.1, 0.15) is 29.4 Å². The second-order valence-electron chi connectivity index (χ2n) is 6.88. The normalized spacial score (nSPS) is 11.0. The number of hydrogen-bond acceptors (Lipinski definition) is 5. The summed E-state index contributed by atoms with van der Waals surface area (Å²) in [7, 11) is 0. The number of nitrogens with one attached hydrogen (secondary N) is 1. The number of fused-ring (bicyclic) bond motifs is 1. The number of carbonyl (C=O) groups is 1. The number of aromatic nitrogens is 5. The Kier molecular flexibility index (Phi) is 5.74. The number of benzene rings is 1. The van der Waals surface area contributed by atoms with Gasteiger partial charge in [-0.15, -0.1) is 0 Å². The van der Waals surface area contributed by atoms with Crippen molar-refractivity contribution in [3.63, 3.8) is 0 Å². The van der Waals surface area contributed by atoms with E-state index in [2.05, 4.69) is 49.3 Å². The first-order valence-electron chi connectivity index (χ1n) is 9.99. The molecule has 8 heteroatoms. The van der Waals surface area contributed by atoms with Gasteiger partial charge in [0.25, 0.3) is 5.91 Å². The van der Waals surface area contributed by atoms with E-state index in [0.717, 1.165) is 13.0 Å². The number of carbonyl (C=O) groups excluding carboxylic acids is 1. The van der Waals surface area contributed by atoms with Gasteiger partial charge in [0.15, 0.2) is 5.82 Å². The largest absolute Gasteiger partial charge is 0.478 e. The van der Waals surface area contributed by atoms with Gasteiger partial charge in [-0.25, -0.2) is 14.6 Å². The first-order chi connectivity index (χ1) is 14.7. The molecule has 0 bridgehead atoms. The lowest BCUT2D eigenvalue weighted by molar-refractivity contribution is 0.0952. The Morgan fingerprint density at radius 3 is 2.93 bits per heavy atom. The number of para-hydroxylation sites is 1. The second kappa shape index (κ2) is 8.77. The molecule has 3 heterocycles. The van der Waals surface area contributed by atoms with E-state index in [1.54, 1.807) is 16.9 Å². The average molecular weight is 404 g/mol. The summed E-state index contributed by atoms with van der Waals surface area (Å²) >= 11 is 0. The second-order valence-corrected chi connectivity index (χ2v) is 6.88. The predicted molar refractivity (Wildman–Crippen MR) is 114 cm³/mol. The fraction of sp³-hybridized carbons (Fsp3) is 0.273. The summed E-state index contributed by atoms with van der Waals surface area (Å²) in [5, 5.41) is 8.52. The number of rotatable bonds is 8. The molecule has 0 saturated heterocycles. The van der Waals surface area contributed by atoms with E-state index in [-0.39, 0.29) is 5.91 Å². The molecule has 0 aliphatic carbocycles. The van der Waals surface area contributed by atoms with Gasteiger partial charge in [-0.1, -0.05) is 18.2 Å². The summed E-state index contributed by atoms with van der Waals surface area (Å²) in [5.41, 5.74) is 2.44. The Morgan fingerprint density at radius 1 is 1.20 bits per heavy atom. The van der Waals surface area contributed by atoms with Crippen LogP contribution in [0.4, 0.5) is 0 Å². The van der Waals surface area contributed by atoms with Gasteiger partial charge in [0.05, 0.1) is 24.1 Å². The third kappa shape index (κ3) is 4.03. The SMILES string of the molecule is CCOc1cc(-n2ncc(C(=O)NCCCn3ccc4ccccc43)c2C)ncn1. The topological polar surface area (TPSA) is 86.9 Å². The van der Waals surface area contributed by atoms with Gasteiger partial charge in [0, 0.05) is 30.9 Å². The standard InChI is InChI=1S/C22H24N6O2/c1-3-30-21-13-20(24-15-25-21)28-16(2)18(14-26-28)22(29)23-10-6-11-27-12-9-17-7-4-5-8-19(17)27/h4-5,7-9,12-15H,3,6,10-11H2,1-2H3,(H,23,29). The van der Waals surface area contributed by atoms with E-state index in [1.807, 2.05) is 26.0 Å².